The molecule has 28 heavy (non-hydrogen) atoms. The first-order chi connectivity index (χ1) is 13.4. The van der Waals surface area contributed by atoms with Gasteiger partial charge in [-0.25, -0.2) is 9.97 Å². The summed E-state index contributed by atoms with van der Waals surface area (Å²) in [6.07, 6.45) is 7.79. The van der Waals surface area contributed by atoms with Gasteiger partial charge in [-0.05, 0) is 68.4 Å². The number of aryl methyl sites for hydroxylation is 1. The molecular weight excluding hydrogens is 350 g/mol. The molecule has 3 heterocycles. The van der Waals surface area contributed by atoms with Crippen molar-refractivity contribution in [3.8, 4) is 11.1 Å². The summed E-state index contributed by atoms with van der Waals surface area (Å²) in [5.74, 6) is 1.89. The van der Waals surface area contributed by atoms with E-state index in [0.717, 1.165) is 33.8 Å². The number of fused-ring (bicyclic) bond motifs is 1. The molecule has 2 aromatic heterocycles. The average Bonchev–Trinajstić information content (AvgIpc) is 3.51. The summed E-state index contributed by atoms with van der Waals surface area (Å²) in [6.45, 7) is 5.78. The molecule has 140 valence electrons. The maximum atomic E-state index is 13.3. The summed E-state index contributed by atoms with van der Waals surface area (Å²) >= 11 is 0. The molecule has 0 atom stereocenters. The Morgan fingerprint density at radius 1 is 1.04 bits per heavy atom. The monoisotopic (exact) mass is 371 g/mol. The van der Waals surface area contributed by atoms with Crippen molar-refractivity contribution < 1.29 is 4.79 Å². The Morgan fingerprint density at radius 3 is 2.50 bits per heavy atom. The van der Waals surface area contributed by atoms with Gasteiger partial charge in [-0.2, -0.15) is 5.10 Å². The van der Waals surface area contributed by atoms with Crippen molar-refractivity contribution in [3.63, 3.8) is 0 Å². The van der Waals surface area contributed by atoms with Crippen LogP contribution in [-0.4, -0.2) is 26.1 Å². The van der Waals surface area contributed by atoms with Gasteiger partial charge in [-0.1, -0.05) is 12.1 Å². The van der Waals surface area contributed by atoms with E-state index >= 15 is 0 Å². The van der Waals surface area contributed by atoms with Crippen LogP contribution in [0.2, 0.25) is 0 Å². The molecule has 1 amide bonds. The van der Waals surface area contributed by atoms with Crippen molar-refractivity contribution in [2.24, 2.45) is 0 Å². The zero-order chi connectivity index (χ0) is 19.5. The maximum Gasteiger partial charge on any atom is 0.242 e. The molecule has 1 aliphatic heterocycles. The molecule has 1 aliphatic carbocycles. The van der Waals surface area contributed by atoms with Crippen LogP contribution in [-0.2, 0) is 10.2 Å². The molecule has 6 heteroatoms. The number of aromatic nitrogens is 4. The number of rotatable bonds is 3. The zero-order valence-electron chi connectivity index (χ0n) is 16.2. The van der Waals surface area contributed by atoms with E-state index in [1.54, 1.807) is 4.90 Å². The highest BCUT2D eigenvalue weighted by atomic mass is 16.2. The summed E-state index contributed by atoms with van der Waals surface area (Å²) < 4.78 is 0. The summed E-state index contributed by atoms with van der Waals surface area (Å²) in [5.41, 5.74) is 4.29. The Labute approximate surface area is 163 Å². The second kappa shape index (κ2) is 5.92. The Kier molecular flexibility index (Phi) is 3.59. The van der Waals surface area contributed by atoms with Crippen LogP contribution in [0.5, 0.6) is 0 Å². The molecule has 0 unspecified atom stereocenters. The number of hydrogen-bond acceptors (Lipinski definition) is 5. The number of benzene rings is 1. The highest BCUT2D eigenvalue weighted by Crippen LogP contribution is 2.47. The maximum absolute atomic E-state index is 13.3. The molecule has 3 aromatic rings. The summed E-state index contributed by atoms with van der Waals surface area (Å²) in [7, 11) is 0. The third kappa shape index (κ3) is 2.59. The van der Waals surface area contributed by atoms with Gasteiger partial charge < -0.3 is 0 Å². The number of carbonyl (C=O) groups excluding carboxylic acids is 1. The van der Waals surface area contributed by atoms with Gasteiger partial charge in [-0.15, -0.1) is 5.10 Å². The van der Waals surface area contributed by atoms with E-state index in [-0.39, 0.29) is 5.91 Å². The van der Waals surface area contributed by atoms with E-state index in [2.05, 4.69) is 20.2 Å². The molecule has 0 bridgehead atoms. The number of nitrogens with zero attached hydrogens (tertiary/aromatic N) is 5. The molecule has 0 saturated heterocycles. The first-order valence-corrected chi connectivity index (χ1v) is 9.56. The fourth-order valence-corrected chi connectivity index (χ4v) is 3.82. The minimum atomic E-state index is -0.616. The fourth-order valence-electron chi connectivity index (χ4n) is 3.82. The van der Waals surface area contributed by atoms with Crippen LogP contribution < -0.4 is 4.90 Å². The normalized spacial score (nSPS) is 17.7. The second-order valence-electron chi connectivity index (χ2n) is 8.14. The van der Waals surface area contributed by atoms with Crippen LogP contribution >= 0.6 is 0 Å². The van der Waals surface area contributed by atoms with Gasteiger partial charge in [0.05, 0.1) is 17.3 Å². The van der Waals surface area contributed by atoms with Crippen LogP contribution in [0.1, 0.15) is 49.6 Å². The molecule has 0 radical (unpaired) electrons. The summed E-state index contributed by atoms with van der Waals surface area (Å²) in [6, 6.07) is 8.09. The van der Waals surface area contributed by atoms with Gasteiger partial charge >= 0.3 is 0 Å². The number of carbonyl (C=O) groups is 1. The number of amides is 1. The quantitative estimate of drug-likeness (QED) is 0.694. The standard InChI is InChI=1S/C22H21N5O/c1-13-23-10-17(11-24-13)15-6-7-18-19(8-15)27(21(28)22(18,2)3)20-9-16(12-25-26-20)14-4-5-14/h6-12,14H,4-5H2,1-3H3. The van der Waals surface area contributed by atoms with E-state index in [1.165, 1.54) is 12.8 Å². The average molecular weight is 371 g/mol. The molecule has 1 saturated carbocycles. The van der Waals surface area contributed by atoms with Crippen molar-refractivity contribution in [3.05, 3.63) is 59.8 Å². The van der Waals surface area contributed by atoms with Gasteiger partial charge in [0.25, 0.3) is 0 Å². The third-order valence-electron chi connectivity index (χ3n) is 5.70. The van der Waals surface area contributed by atoms with Crippen molar-refractivity contribution in [2.45, 2.75) is 44.9 Å². The van der Waals surface area contributed by atoms with Crippen LogP contribution in [0.3, 0.4) is 0 Å². The van der Waals surface area contributed by atoms with Crippen LogP contribution in [0.4, 0.5) is 11.5 Å². The SMILES string of the molecule is Cc1ncc(-c2ccc3c(c2)N(c2cc(C4CC4)cnn2)C(=O)C3(C)C)cn1. The highest BCUT2D eigenvalue weighted by Gasteiger charge is 2.45. The fraction of sp³-hybridized carbons (Fsp3) is 0.318. The topological polar surface area (TPSA) is 71.9 Å². The Morgan fingerprint density at radius 2 is 1.79 bits per heavy atom. The highest BCUT2D eigenvalue weighted by molar-refractivity contribution is 6.12. The predicted octanol–water partition coefficient (Wildman–Crippen LogP) is 4.08. The lowest BCUT2D eigenvalue weighted by Gasteiger charge is -2.19. The lowest BCUT2D eigenvalue weighted by molar-refractivity contribution is -0.121. The second-order valence-corrected chi connectivity index (χ2v) is 8.14. The number of anilines is 2. The lowest BCUT2D eigenvalue weighted by atomic mass is 9.85. The Bertz CT molecular complexity index is 1090. The van der Waals surface area contributed by atoms with Gasteiger partial charge in [0.2, 0.25) is 5.91 Å². The van der Waals surface area contributed by atoms with Crippen LogP contribution in [0.25, 0.3) is 11.1 Å². The first-order valence-electron chi connectivity index (χ1n) is 9.56. The zero-order valence-corrected chi connectivity index (χ0v) is 16.2. The minimum absolute atomic E-state index is 0.0158. The molecule has 5 rings (SSSR count). The van der Waals surface area contributed by atoms with E-state index in [1.807, 2.05) is 63.6 Å². The van der Waals surface area contributed by atoms with Crippen molar-refractivity contribution in [1.29, 1.82) is 0 Å². The van der Waals surface area contributed by atoms with Crippen molar-refractivity contribution in [1.82, 2.24) is 20.2 Å². The molecule has 6 nitrogen and oxygen atoms in total. The van der Waals surface area contributed by atoms with Crippen LogP contribution in [0.15, 0.2) is 42.9 Å². The molecule has 1 aromatic carbocycles. The van der Waals surface area contributed by atoms with E-state index in [0.29, 0.717) is 11.7 Å². The Balaban J connectivity index is 1.64. The predicted molar refractivity (Wildman–Crippen MR) is 106 cm³/mol. The van der Waals surface area contributed by atoms with Crippen molar-refractivity contribution in [2.75, 3.05) is 4.90 Å². The largest absolute Gasteiger partial charge is 0.273 e. The van der Waals surface area contributed by atoms with E-state index in [9.17, 15) is 4.79 Å². The third-order valence-corrected chi connectivity index (χ3v) is 5.70. The van der Waals surface area contributed by atoms with Gasteiger partial charge in [0.1, 0.15) is 5.82 Å². The van der Waals surface area contributed by atoms with Gasteiger partial charge in [0, 0.05) is 18.0 Å². The lowest BCUT2D eigenvalue weighted by Crippen LogP contribution is -2.33. The van der Waals surface area contributed by atoms with E-state index in [4.69, 9.17) is 0 Å². The molecule has 2 aliphatic rings. The first kappa shape index (κ1) is 17.0. The van der Waals surface area contributed by atoms with Gasteiger partial charge in [0.15, 0.2) is 5.82 Å². The molecular formula is C22H21N5O. The molecule has 1 fully saturated rings. The smallest absolute Gasteiger partial charge is 0.242 e. The Hall–Kier alpha value is -3.15. The molecule has 0 N–H and O–H groups in total. The summed E-state index contributed by atoms with van der Waals surface area (Å²) in [5, 5.41) is 8.46. The molecule has 0 spiro atoms. The van der Waals surface area contributed by atoms with E-state index < -0.39 is 5.41 Å². The number of hydrogen-bond donors (Lipinski definition) is 0. The van der Waals surface area contributed by atoms with Crippen LogP contribution in [0, 0.1) is 6.92 Å². The van der Waals surface area contributed by atoms with Gasteiger partial charge in [-0.3, -0.25) is 9.69 Å². The van der Waals surface area contributed by atoms with Crippen molar-refractivity contribution >= 4 is 17.4 Å². The minimum Gasteiger partial charge on any atom is -0.273 e. The summed E-state index contributed by atoms with van der Waals surface area (Å²) in [4.78, 5) is 23.6.